The van der Waals surface area contributed by atoms with Gasteiger partial charge in [0, 0.05) is 0 Å². The number of amides is 2. The number of nitrogens with zero attached hydrogens (tertiary/aromatic N) is 1. The number of hydrogen-bond acceptors (Lipinski definition) is 6. The Morgan fingerprint density at radius 3 is 2.48 bits per heavy atom. The molecule has 0 aliphatic rings. The molecule has 2 aromatic heterocycles. The summed E-state index contributed by atoms with van der Waals surface area (Å²) in [4.78, 5) is 53.4. The van der Waals surface area contributed by atoms with Crippen molar-refractivity contribution in [2.75, 3.05) is 5.43 Å². The molecule has 4 N–H and O–H groups in total. The van der Waals surface area contributed by atoms with Gasteiger partial charge >= 0.3 is 5.69 Å². The van der Waals surface area contributed by atoms with E-state index < -0.39 is 34.9 Å². The number of H-pyrrole nitrogens is 1. The zero-order valence-electron chi connectivity index (χ0n) is 18.5. The van der Waals surface area contributed by atoms with Crippen LogP contribution in [0.5, 0.6) is 0 Å². The molecule has 0 bridgehead atoms. The van der Waals surface area contributed by atoms with Gasteiger partial charge in [-0.15, -0.1) is 11.3 Å². The number of carbonyl (C=O) groups is 2. The lowest BCUT2D eigenvalue weighted by Crippen LogP contribution is -2.48. The molecule has 0 spiro atoms. The molecular weight excluding hydrogens is 444 g/mol. The number of aryl methyl sites for hydroxylation is 1. The Morgan fingerprint density at radius 2 is 1.82 bits per heavy atom. The lowest BCUT2D eigenvalue weighted by Gasteiger charge is -2.26. The van der Waals surface area contributed by atoms with E-state index >= 15 is 0 Å². The first-order chi connectivity index (χ1) is 15.8. The number of nitrogens with one attached hydrogen (secondary N) is 3. The fourth-order valence-corrected chi connectivity index (χ4v) is 4.74. The smallest absolute Gasteiger partial charge is 0.304 e. The normalized spacial score (nSPS) is 13.1. The molecule has 2 unspecified atom stereocenters. The zero-order valence-corrected chi connectivity index (χ0v) is 19.4. The summed E-state index contributed by atoms with van der Waals surface area (Å²) in [5.41, 5.74) is 4.18. The number of aromatic nitrogens is 2. The molecular formula is C23H28N4O5S. The van der Waals surface area contributed by atoms with E-state index in [4.69, 9.17) is 0 Å². The van der Waals surface area contributed by atoms with Crippen molar-refractivity contribution in [2.24, 2.45) is 17.8 Å². The van der Waals surface area contributed by atoms with Gasteiger partial charge in [-0.3, -0.25) is 25.0 Å². The molecule has 1 aromatic carbocycles. The van der Waals surface area contributed by atoms with Crippen molar-refractivity contribution < 1.29 is 14.8 Å². The van der Waals surface area contributed by atoms with E-state index in [0.717, 1.165) is 16.9 Å². The SMILES string of the molecule is CC(C)CC(C(=O)Nn1c(=O)[nH]c2ccsc2c1=O)C(CCCc1ccccc1)C(=O)NO. The first kappa shape index (κ1) is 24.4. The summed E-state index contributed by atoms with van der Waals surface area (Å²) in [5, 5.41) is 11.0. The Hall–Kier alpha value is -3.24. The highest BCUT2D eigenvalue weighted by molar-refractivity contribution is 7.17. The third-order valence-electron chi connectivity index (χ3n) is 5.55. The van der Waals surface area contributed by atoms with E-state index in [1.807, 2.05) is 44.2 Å². The van der Waals surface area contributed by atoms with Gasteiger partial charge in [-0.25, -0.2) is 10.3 Å². The molecule has 0 radical (unpaired) electrons. The monoisotopic (exact) mass is 472 g/mol. The summed E-state index contributed by atoms with van der Waals surface area (Å²) in [6.07, 6.45) is 2.01. The van der Waals surface area contributed by atoms with Gasteiger partial charge in [-0.05, 0) is 48.6 Å². The molecule has 2 heterocycles. The molecule has 2 atom stereocenters. The van der Waals surface area contributed by atoms with E-state index in [0.29, 0.717) is 40.6 Å². The molecule has 0 aliphatic carbocycles. The number of hydrogen-bond donors (Lipinski definition) is 4. The fourth-order valence-electron chi connectivity index (χ4n) is 3.96. The number of carbonyl (C=O) groups excluding carboxylic acids is 2. The maximum Gasteiger partial charge on any atom is 0.348 e. The average molecular weight is 473 g/mol. The lowest BCUT2D eigenvalue weighted by molar-refractivity contribution is -0.139. The molecule has 9 nitrogen and oxygen atoms in total. The standard InChI is InChI=1S/C23H28N4O5S/c1-14(2)13-17(16(21(29)26-32)10-6-9-15-7-4-3-5-8-15)20(28)25-27-22(30)19-18(11-12-33-19)24-23(27)31/h3-5,7-8,11-12,14,16-17,32H,6,9-10,13H2,1-2H3,(H,24,31)(H,25,28)(H,26,29). The predicted molar refractivity (Wildman–Crippen MR) is 127 cm³/mol. The van der Waals surface area contributed by atoms with Crippen LogP contribution in [-0.4, -0.2) is 26.7 Å². The highest BCUT2D eigenvalue weighted by Crippen LogP contribution is 2.26. The van der Waals surface area contributed by atoms with Crippen molar-refractivity contribution in [1.29, 1.82) is 0 Å². The molecule has 0 saturated heterocycles. The van der Waals surface area contributed by atoms with Crippen molar-refractivity contribution in [3.8, 4) is 0 Å². The highest BCUT2D eigenvalue weighted by Gasteiger charge is 2.34. The number of rotatable bonds is 10. The summed E-state index contributed by atoms with van der Waals surface area (Å²) < 4.78 is 0.953. The first-order valence-corrected chi connectivity index (χ1v) is 11.7. The maximum atomic E-state index is 13.2. The van der Waals surface area contributed by atoms with Gasteiger partial charge in [-0.1, -0.05) is 44.2 Å². The Labute approximate surface area is 194 Å². The third-order valence-corrected chi connectivity index (χ3v) is 6.45. The van der Waals surface area contributed by atoms with Crippen LogP contribution in [0.4, 0.5) is 0 Å². The third kappa shape index (κ3) is 5.96. The minimum Gasteiger partial charge on any atom is -0.304 e. The Balaban J connectivity index is 1.84. The van der Waals surface area contributed by atoms with E-state index in [2.05, 4.69) is 10.4 Å². The molecule has 0 aliphatic heterocycles. The van der Waals surface area contributed by atoms with Crippen LogP contribution in [0.25, 0.3) is 10.2 Å². The van der Waals surface area contributed by atoms with Crippen LogP contribution in [-0.2, 0) is 16.0 Å². The lowest BCUT2D eigenvalue weighted by atomic mass is 9.81. The van der Waals surface area contributed by atoms with Crippen molar-refractivity contribution in [3.63, 3.8) is 0 Å². The second-order valence-corrected chi connectivity index (χ2v) is 9.32. The Bertz CT molecular complexity index is 1210. The van der Waals surface area contributed by atoms with Crippen LogP contribution >= 0.6 is 11.3 Å². The summed E-state index contributed by atoms with van der Waals surface area (Å²) in [5.74, 6) is -2.92. The number of benzene rings is 1. The Morgan fingerprint density at radius 1 is 1.09 bits per heavy atom. The minimum absolute atomic E-state index is 0.0543. The Kier molecular flexibility index (Phi) is 8.18. The topological polar surface area (TPSA) is 133 Å². The van der Waals surface area contributed by atoms with E-state index in [1.165, 1.54) is 0 Å². The zero-order chi connectivity index (χ0) is 24.0. The highest BCUT2D eigenvalue weighted by atomic mass is 32.1. The second-order valence-electron chi connectivity index (χ2n) is 8.41. The van der Waals surface area contributed by atoms with Crippen molar-refractivity contribution in [2.45, 2.75) is 39.5 Å². The first-order valence-electron chi connectivity index (χ1n) is 10.8. The van der Waals surface area contributed by atoms with Gasteiger partial charge in [0.15, 0.2) is 0 Å². The van der Waals surface area contributed by atoms with Crippen LogP contribution in [0.1, 0.15) is 38.7 Å². The van der Waals surface area contributed by atoms with E-state index in [1.54, 1.807) is 16.9 Å². The van der Waals surface area contributed by atoms with Gasteiger partial charge in [0.25, 0.3) is 5.56 Å². The number of aromatic amines is 1. The van der Waals surface area contributed by atoms with Gasteiger partial charge in [0.1, 0.15) is 4.70 Å². The van der Waals surface area contributed by atoms with Gasteiger partial charge in [0.2, 0.25) is 11.8 Å². The number of hydroxylamine groups is 1. The van der Waals surface area contributed by atoms with Crippen molar-refractivity contribution >= 4 is 33.4 Å². The van der Waals surface area contributed by atoms with Crippen LogP contribution in [0.2, 0.25) is 0 Å². The fraction of sp³-hybridized carbons (Fsp3) is 0.391. The summed E-state index contributed by atoms with van der Waals surface area (Å²) in [6, 6.07) is 11.4. The minimum atomic E-state index is -0.849. The molecule has 33 heavy (non-hydrogen) atoms. The molecule has 0 saturated carbocycles. The molecule has 3 aromatic rings. The van der Waals surface area contributed by atoms with E-state index in [-0.39, 0.29) is 5.92 Å². The van der Waals surface area contributed by atoms with Gasteiger partial charge < -0.3 is 4.98 Å². The summed E-state index contributed by atoms with van der Waals surface area (Å²) in [7, 11) is 0. The van der Waals surface area contributed by atoms with Crippen LogP contribution in [0.3, 0.4) is 0 Å². The molecule has 0 fully saturated rings. The quantitative estimate of drug-likeness (QED) is 0.266. The average Bonchev–Trinajstić information content (AvgIpc) is 3.26. The predicted octanol–water partition coefficient (Wildman–Crippen LogP) is 2.63. The number of fused-ring (bicyclic) bond motifs is 1. The van der Waals surface area contributed by atoms with Crippen molar-refractivity contribution in [3.05, 3.63) is 68.2 Å². The molecule has 10 heteroatoms. The van der Waals surface area contributed by atoms with Crippen LogP contribution < -0.4 is 22.2 Å². The molecule has 2 amide bonds. The van der Waals surface area contributed by atoms with Gasteiger partial charge in [0.05, 0.1) is 17.4 Å². The van der Waals surface area contributed by atoms with Gasteiger partial charge in [-0.2, -0.15) is 4.68 Å². The summed E-state index contributed by atoms with van der Waals surface area (Å²) in [6.45, 7) is 3.82. The second kappa shape index (κ2) is 11.1. The molecule has 176 valence electrons. The van der Waals surface area contributed by atoms with Crippen LogP contribution in [0, 0.1) is 17.8 Å². The van der Waals surface area contributed by atoms with Crippen LogP contribution in [0.15, 0.2) is 51.4 Å². The largest absolute Gasteiger partial charge is 0.348 e. The van der Waals surface area contributed by atoms with E-state index in [9.17, 15) is 24.4 Å². The molecule has 3 rings (SSSR count). The maximum absolute atomic E-state index is 13.2. The summed E-state index contributed by atoms with van der Waals surface area (Å²) >= 11 is 1.15. The number of thiophene rings is 1. The van der Waals surface area contributed by atoms with Crippen molar-refractivity contribution in [1.82, 2.24) is 15.1 Å².